The lowest BCUT2D eigenvalue weighted by molar-refractivity contribution is 0.0232. The summed E-state index contributed by atoms with van der Waals surface area (Å²) in [6.45, 7) is 0.720. The molecule has 0 aromatic heterocycles. The quantitative estimate of drug-likeness (QED) is 0.332. The number of hydrogen-bond acceptors (Lipinski definition) is 3. The maximum absolute atomic E-state index is 7.04. The Balaban J connectivity index is 1.55. The Bertz CT molecular complexity index is 1540. The number of rotatable bonds is 2. The highest BCUT2D eigenvalue weighted by atomic mass is 16.5. The molecule has 3 nitrogen and oxygen atoms in total. The van der Waals surface area contributed by atoms with Crippen LogP contribution in [0.5, 0.6) is 5.75 Å². The number of likely N-dealkylation sites (N-methyl/N-ethyl adjacent to an activating group) is 1. The van der Waals surface area contributed by atoms with Gasteiger partial charge in [-0.25, -0.2) is 0 Å². The number of nitrogens with zero attached hydrogens (tertiary/aromatic N) is 1. The van der Waals surface area contributed by atoms with E-state index in [1.165, 1.54) is 44.6 Å². The van der Waals surface area contributed by atoms with E-state index < -0.39 is 5.72 Å². The summed E-state index contributed by atoms with van der Waals surface area (Å²) in [5.74, 6) is 0.864. The molecule has 0 radical (unpaired) electrons. The van der Waals surface area contributed by atoms with Crippen molar-refractivity contribution in [2.24, 2.45) is 0 Å². The molecule has 2 aliphatic carbocycles. The molecular weight excluding hydrogens is 442 g/mol. The predicted molar refractivity (Wildman–Crippen MR) is 143 cm³/mol. The molecule has 0 saturated carbocycles. The molecule has 176 valence electrons. The number of allylic oxidation sites excluding steroid dienone is 1. The zero-order valence-corrected chi connectivity index (χ0v) is 20.5. The third-order valence-electron chi connectivity index (χ3n) is 9.36. The molecule has 0 N–H and O–H groups in total. The molecule has 0 bridgehead atoms. The fourth-order valence-corrected chi connectivity index (χ4v) is 8.18. The SMILES string of the molecule is COc1ccc(C2=CC3(c4ccccc4-c4ccccc43)[C@]34CCO[C@]23N(C)c2ccccc24)cc1. The van der Waals surface area contributed by atoms with E-state index in [1.54, 1.807) is 7.11 Å². The smallest absolute Gasteiger partial charge is 0.178 e. The van der Waals surface area contributed by atoms with Gasteiger partial charge < -0.3 is 14.4 Å². The second kappa shape index (κ2) is 6.68. The monoisotopic (exact) mass is 469 g/mol. The maximum atomic E-state index is 7.04. The van der Waals surface area contributed by atoms with Gasteiger partial charge in [0.25, 0.3) is 0 Å². The van der Waals surface area contributed by atoms with Crippen molar-refractivity contribution in [3.63, 3.8) is 0 Å². The number of methoxy groups -OCH3 is 1. The normalized spacial score (nSPS) is 25.7. The number of para-hydroxylation sites is 1. The van der Waals surface area contributed by atoms with E-state index in [0.29, 0.717) is 0 Å². The molecule has 4 aromatic carbocycles. The molecule has 0 amide bonds. The van der Waals surface area contributed by atoms with Crippen LogP contribution in [-0.4, -0.2) is 26.5 Å². The Morgan fingerprint density at radius 2 is 1.36 bits per heavy atom. The molecule has 36 heavy (non-hydrogen) atoms. The Morgan fingerprint density at radius 3 is 2.03 bits per heavy atom. The van der Waals surface area contributed by atoms with Gasteiger partial charge in [-0.3, -0.25) is 0 Å². The summed E-state index contributed by atoms with van der Waals surface area (Å²) in [6.07, 6.45) is 3.51. The van der Waals surface area contributed by atoms with Gasteiger partial charge in [-0.05, 0) is 58.0 Å². The highest BCUT2D eigenvalue weighted by Crippen LogP contribution is 2.76. The molecule has 2 heterocycles. The first-order valence-electron chi connectivity index (χ1n) is 12.7. The van der Waals surface area contributed by atoms with Crippen LogP contribution in [-0.2, 0) is 15.6 Å². The molecule has 8 rings (SSSR count). The minimum Gasteiger partial charge on any atom is -0.497 e. The Labute approximate surface area is 211 Å². The van der Waals surface area contributed by atoms with Gasteiger partial charge in [-0.15, -0.1) is 0 Å². The third kappa shape index (κ3) is 1.97. The highest BCUT2D eigenvalue weighted by Gasteiger charge is 2.79. The Hall–Kier alpha value is -3.82. The molecule has 2 atom stereocenters. The predicted octanol–water partition coefficient (Wildman–Crippen LogP) is 6.56. The molecular formula is C33H27NO2. The van der Waals surface area contributed by atoms with Crippen LogP contribution in [0.2, 0.25) is 0 Å². The van der Waals surface area contributed by atoms with Crippen LogP contribution in [0.3, 0.4) is 0 Å². The molecule has 1 fully saturated rings. The van der Waals surface area contributed by atoms with Crippen molar-refractivity contribution in [3.8, 4) is 16.9 Å². The lowest BCUT2D eigenvalue weighted by Gasteiger charge is -2.48. The van der Waals surface area contributed by atoms with E-state index in [4.69, 9.17) is 9.47 Å². The topological polar surface area (TPSA) is 21.7 Å². The fourth-order valence-electron chi connectivity index (χ4n) is 8.18. The minimum absolute atomic E-state index is 0.288. The van der Waals surface area contributed by atoms with Crippen molar-refractivity contribution in [2.45, 2.75) is 23.0 Å². The molecule has 1 spiro atoms. The van der Waals surface area contributed by atoms with Crippen LogP contribution >= 0.6 is 0 Å². The van der Waals surface area contributed by atoms with Gasteiger partial charge in [0, 0.05) is 18.3 Å². The summed E-state index contributed by atoms with van der Waals surface area (Å²) in [7, 11) is 3.94. The van der Waals surface area contributed by atoms with Crippen molar-refractivity contribution in [2.75, 3.05) is 25.7 Å². The van der Waals surface area contributed by atoms with Gasteiger partial charge in [0.15, 0.2) is 5.72 Å². The van der Waals surface area contributed by atoms with Gasteiger partial charge in [0.1, 0.15) is 5.75 Å². The van der Waals surface area contributed by atoms with Crippen molar-refractivity contribution in [1.82, 2.24) is 0 Å². The van der Waals surface area contributed by atoms with Crippen LogP contribution in [0.1, 0.15) is 28.7 Å². The summed E-state index contributed by atoms with van der Waals surface area (Å²) < 4.78 is 12.5. The zero-order valence-electron chi connectivity index (χ0n) is 20.5. The van der Waals surface area contributed by atoms with E-state index >= 15 is 0 Å². The van der Waals surface area contributed by atoms with Crippen LogP contribution in [0.25, 0.3) is 16.7 Å². The highest BCUT2D eigenvalue weighted by molar-refractivity contribution is 5.96. The molecule has 3 heteroatoms. The molecule has 0 unspecified atom stereocenters. The summed E-state index contributed by atoms with van der Waals surface area (Å²) in [6, 6.07) is 35.5. The molecule has 1 saturated heterocycles. The second-order valence-corrected chi connectivity index (χ2v) is 10.4. The van der Waals surface area contributed by atoms with Crippen molar-refractivity contribution < 1.29 is 9.47 Å². The number of ether oxygens (including phenoxy) is 2. The largest absolute Gasteiger partial charge is 0.497 e. The van der Waals surface area contributed by atoms with E-state index in [2.05, 4.69) is 115 Å². The average molecular weight is 470 g/mol. The van der Waals surface area contributed by atoms with E-state index in [9.17, 15) is 0 Å². The van der Waals surface area contributed by atoms with E-state index in [0.717, 1.165) is 18.8 Å². The van der Waals surface area contributed by atoms with Crippen LogP contribution in [0.4, 0.5) is 5.69 Å². The van der Waals surface area contributed by atoms with Crippen LogP contribution in [0, 0.1) is 0 Å². The summed E-state index contributed by atoms with van der Waals surface area (Å²) in [5.41, 5.74) is 9.28. The van der Waals surface area contributed by atoms with Gasteiger partial charge >= 0.3 is 0 Å². The minimum atomic E-state index is -0.601. The second-order valence-electron chi connectivity index (χ2n) is 10.4. The summed E-state index contributed by atoms with van der Waals surface area (Å²) in [4.78, 5) is 2.42. The third-order valence-corrected chi connectivity index (χ3v) is 9.36. The first-order valence-corrected chi connectivity index (χ1v) is 12.7. The molecule has 2 aliphatic heterocycles. The number of anilines is 1. The Morgan fingerprint density at radius 1 is 0.750 bits per heavy atom. The zero-order chi connectivity index (χ0) is 24.1. The standard InChI is InChI=1S/C33H27NO2/c1-34-30-14-8-7-13-28(30)32-19-20-36-33(32,34)29(22-15-17-23(35-2)18-16-22)21-31(32)26-11-5-3-9-24(26)25-10-4-6-12-27(25)31/h3-18,21H,19-20H2,1-2H3/t32-,33-/m1/s1. The molecule has 4 aliphatic rings. The number of hydrogen-bond donors (Lipinski definition) is 0. The molecule has 4 aromatic rings. The maximum Gasteiger partial charge on any atom is 0.178 e. The van der Waals surface area contributed by atoms with Crippen molar-refractivity contribution in [3.05, 3.63) is 125 Å². The van der Waals surface area contributed by atoms with Crippen LogP contribution in [0.15, 0.2) is 103 Å². The summed E-state index contributed by atoms with van der Waals surface area (Å²) >= 11 is 0. The van der Waals surface area contributed by atoms with E-state index in [1.807, 2.05) is 0 Å². The lowest BCUT2D eigenvalue weighted by atomic mass is 9.55. The number of benzene rings is 4. The summed E-state index contributed by atoms with van der Waals surface area (Å²) in [5, 5.41) is 0. The number of fused-ring (bicyclic) bond motifs is 6. The average Bonchev–Trinajstić information content (AvgIpc) is 3.61. The van der Waals surface area contributed by atoms with Gasteiger partial charge in [0.05, 0.1) is 24.5 Å². The first kappa shape index (κ1) is 20.4. The lowest BCUT2D eigenvalue weighted by Crippen LogP contribution is -2.59. The van der Waals surface area contributed by atoms with Gasteiger partial charge in [-0.1, -0.05) is 84.9 Å². The van der Waals surface area contributed by atoms with Crippen molar-refractivity contribution in [1.29, 1.82) is 0 Å². The first-order chi connectivity index (χ1) is 17.7. The van der Waals surface area contributed by atoms with Gasteiger partial charge in [0.2, 0.25) is 0 Å². The fraction of sp³-hybridized carbons (Fsp3) is 0.212. The van der Waals surface area contributed by atoms with Gasteiger partial charge in [-0.2, -0.15) is 0 Å². The van der Waals surface area contributed by atoms with Crippen molar-refractivity contribution >= 4 is 11.3 Å². The van der Waals surface area contributed by atoms with E-state index in [-0.39, 0.29) is 10.8 Å². The van der Waals surface area contributed by atoms with Crippen LogP contribution < -0.4 is 9.64 Å². The Kier molecular flexibility index (Phi) is 3.78.